The number of benzene rings is 1. The Kier molecular flexibility index (Phi) is 4.57. The number of carbonyl (C=O) groups is 1. The minimum Gasteiger partial charge on any atom is -0.478 e. The quantitative estimate of drug-likeness (QED) is 0.913. The fourth-order valence-electron chi connectivity index (χ4n) is 1.66. The third kappa shape index (κ3) is 3.78. The second kappa shape index (κ2) is 6.22. The van der Waals surface area contributed by atoms with Gasteiger partial charge in [0.25, 0.3) is 0 Å². The number of carboxylic acids is 1. The van der Waals surface area contributed by atoms with Crippen molar-refractivity contribution in [1.29, 1.82) is 0 Å². The maximum absolute atomic E-state index is 13.2. The van der Waals surface area contributed by atoms with Crippen molar-refractivity contribution in [2.75, 3.05) is 0 Å². The largest absolute Gasteiger partial charge is 0.478 e. The van der Waals surface area contributed by atoms with Crippen molar-refractivity contribution < 1.29 is 18.7 Å². The summed E-state index contributed by atoms with van der Waals surface area (Å²) in [6.45, 7) is 3.81. The lowest BCUT2D eigenvalue weighted by Crippen LogP contribution is -2.02. The summed E-state index contributed by atoms with van der Waals surface area (Å²) in [6.07, 6.45) is 0. The molecule has 2 aromatic rings. The minimum atomic E-state index is -1.05. The molecule has 0 saturated heterocycles. The highest BCUT2D eigenvalue weighted by atomic mass is 32.2. The molecule has 0 radical (unpaired) electrons. The first-order valence-electron chi connectivity index (χ1n) is 6.25. The molecule has 6 heteroatoms. The van der Waals surface area contributed by atoms with E-state index in [0.717, 1.165) is 23.9 Å². The van der Waals surface area contributed by atoms with Crippen molar-refractivity contribution in [2.45, 2.75) is 29.7 Å². The SMILES string of the molecule is CC(C)c1cc(C(=O)O)cc(Sc2ccc(F)c(F)c2)n1. The highest BCUT2D eigenvalue weighted by Gasteiger charge is 2.12. The van der Waals surface area contributed by atoms with Crippen LogP contribution in [0, 0.1) is 11.6 Å². The molecule has 3 nitrogen and oxygen atoms in total. The monoisotopic (exact) mass is 309 g/mol. The first kappa shape index (κ1) is 15.4. The van der Waals surface area contributed by atoms with E-state index in [4.69, 9.17) is 5.11 Å². The van der Waals surface area contributed by atoms with E-state index >= 15 is 0 Å². The predicted octanol–water partition coefficient (Wildman–Crippen LogP) is 4.33. The lowest BCUT2D eigenvalue weighted by atomic mass is 10.1. The number of carboxylic acid groups (broad SMARTS) is 1. The Bertz CT molecular complexity index is 689. The van der Waals surface area contributed by atoms with Crippen LogP contribution in [0.3, 0.4) is 0 Å². The summed E-state index contributed by atoms with van der Waals surface area (Å²) in [5.41, 5.74) is 0.763. The molecule has 0 atom stereocenters. The highest BCUT2D eigenvalue weighted by molar-refractivity contribution is 7.99. The molecule has 0 aliphatic carbocycles. The summed E-state index contributed by atoms with van der Waals surface area (Å²) < 4.78 is 26.1. The molecular weight excluding hydrogens is 296 g/mol. The normalized spacial score (nSPS) is 10.9. The van der Waals surface area contributed by atoms with Gasteiger partial charge in [0, 0.05) is 10.6 Å². The average molecular weight is 309 g/mol. The van der Waals surface area contributed by atoms with Crippen molar-refractivity contribution in [3.05, 3.63) is 53.2 Å². The van der Waals surface area contributed by atoms with Gasteiger partial charge in [0.1, 0.15) is 5.03 Å². The van der Waals surface area contributed by atoms with Crippen molar-refractivity contribution in [3.8, 4) is 0 Å². The molecule has 0 unspecified atom stereocenters. The summed E-state index contributed by atoms with van der Waals surface area (Å²) in [6, 6.07) is 6.45. The third-order valence-corrected chi connectivity index (χ3v) is 3.68. The average Bonchev–Trinajstić information content (AvgIpc) is 2.42. The fraction of sp³-hybridized carbons (Fsp3) is 0.200. The van der Waals surface area contributed by atoms with Gasteiger partial charge in [-0.05, 0) is 36.2 Å². The van der Waals surface area contributed by atoms with Crippen LogP contribution in [0.15, 0.2) is 40.3 Å². The van der Waals surface area contributed by atoms with Gasteiger partial charge < -0.3 is 5.11 Å². The minimum absolute atomic E-state index is 0.0635. The van der Waals surface area contributed by atoms with Crippen molar-refractivity contribution >= 4 is 17.7 Å². The van der Waals surface area contributed by atoms with Crippen LogP contribution in [0.25, 0.3) is 0 Å². The maximum atomic E-state index is 13.2. The number of halogens is 2. The Labute approximate surface area is 125 Å². The lowest BCUT2D eigenvalue weighted by molar-refractivity contribution is 0.0696. The molecule has 21 heavy (non-hydrogen) atoms. The topological polar surface area (TPSA) is 50.2 Å². The third-order valence-electron chi connectivity index (χ3n) is 2.77. The van der Waals surface area contributed by atoms with Gasteiger partial charge in [-0.2, -0.15) is 0 Å². The number of aromatic carboxylic acids is 1. The van der Waals surface area contributed by atoms with E-state index in [1.54, 1.807) is 0 Å². The highest BCUT2D eigenvalue weighted by Crippen LogP contribution is 2.29. The van der Waals surface area contributed by atoms with Crippen LogP contribution in [0.4, 0.5) is 8.78 Å². The Morgan fingerprint density at radius 1 is 1.19 bits per heavy atom. The van der Waals surface area contributed by atoms with Crippen LogP contribution in [0.2, 0.25) is 0 Å². The van der Waals surface area contributed by atoms with E-state index in [1.807, 2.05) is 13.8 Å². The Hall–Kier alpha value is -1.95. The molecule has 1 heterocycles. The van der Waals surface area contributed by atoms with E-state index in [2.05, 4.69) is 4.98 Å². The van der Waals surface area contributed by atoms with E-state index in [-0.39, 0.29) is 11.5 Å². The number of nitrogens with zero attached hydrogens (tertiary/aromatic N) is 1. The molecule has 0 amide bonds. The number of hydrogen-bond acceptors (Lipinski definition) is 3. The molecule has 110 valence electrons. The van der Waals surface area contributed by atoms with Gasteiger partial charge in [0.15, 0.2) is 11.6 Å². The van der Waals surface area contributed by atoms with Gasteiger partial charge in [0.2, 0.25) is 0 Å². The van der Waals surface area contributed by atoms with Gasteiger partial charge in [-0.25, -0.2) is 18.6 Å². The summed E-state index contributed by atoms with van der Waals surface area (Å²) >= 11 is 1.09. The smallest absolute Gasteiger partial charge is 0.335 e. The fourth-order valence-corrected chi connectivity index (χ4v) is 2.54. The molecule has 1 N–H and O–H groups in total. The van der Waals surface area contributed by atoms with Crippen LogP contribution in [0.5, 0.6) is 0 Å². The van der Waals surface area contributed by atoms with Crippen LogP contribution in [0.1, 0.15) is 35.8 Å². The summed E-state index contributed by atoms with van der Waals surface area (Å²) in [7, 11) is 0. The standard InChI is InChI=1S/C15H13F2NO2S/c1-8(2)13-5-9(15(19)20)6-14(18-13)21-10-3-4-11(16)12(17)7-10/h3-8H,1-2H3,(H,19,20). The second-order valence-corrected chi connectivity index (χ2v) is 5.85. The van der Waals surface area contributed by atoms with Crippen LogP contribution < -0.4 is 0 Å². The number of pyridine rings is 1. The van der Waals surface area contributed by atoms with E-state index in [0.29, 0.717) is 15.6 Å². The van der Waals surface area contributed by atoms with Gasteiger partial charge >= 0.3 is 5.97 Å². The predicted molar refractivity (Wildman–Crippen MR) is 75.8 cm³/mol. The Morgan fingerprint density at radius 3 is 2.48 bits per heavy atom. The zero-order valence-corrected chi connectivity index (χ0v) is 12.2. The molecule has 0 fully saturated rings. The van der Waals surface area contributed by atoms with E-state index in [1.165, 1.54) is 18.2 Å². The van der Waals surface area contributed by atoms with Gasteiger partial charge in [-0.3, -0.25) is 0 Å². The molecule has 2 rings (SSSR count). The molecule has 0 aliphatic rings. The van der Waals surface area contributed by atoms with Crippen LogP contribution >= 0.6 is 11.8 Å². The zero-order valence-electron chi connectivity index (χ0n) is 11.4. The number of rotatable bonds is 4. The molecule has 0 aliphatic heterocycles. The van der Waals surface area contributed by atoms with Crippen LogP contribution in [-0.2, 0) is 0 Å². The molecular formula is C15H13F2NO2S. The molecule has 0 spiro atoms. The van der Waals surface area contributed by atoms with E-state index < -0.39 is 17.6 Å². The first-order valence-corrected chi connectivity index (χ1v) is 7.06. The molecule has 0 bridgehead atoms. The Morgan fingerprint density at radius 2 is 1.90 bits per heavy atom. The second-order valence-electron chi connectivity index (χ2n) is 4.76. The molecule has 1 aromatic carbocycles. The van der Waals surface area contributed by atoms with Crippen LogP contribution in [-0.4, -0.2) is 16.1 Å². The number of aromatic nitrogens is 1. The maximum Gasteiger partial charge on any atom is 0.335 e. The first-order chi connectivity index (χ1) is 9.86. The summed E-state index contributed by atoms with van der Waals surface area (Å²) in [4.78, 5) is 15.9. The lowest BCUT2D eigenvalue weighted by Gasteiger charge is -2.09. The molecule has 1 aromatic heterocycles. The van der Waals surface area contributed by atoms with E-state index in [9.17, 15) is 13.6 Å². The van der Waals surface area contributed by atoms with Crippen molar-refractivity contribution in [2.24, 2.45) is 0 Å². The number of hydrogen-bond donors (Lipinski definition) is 1. The summed E-state index contributed by atoms with van der Waals surface area (Å²) in [5, 5.41) is 9.55. The Balaban J connectivity index is 2.38. The van der Waals surface area contributed by atoms with Crippen molar-refractivity contribution in [3.63, 3.8) is 0 Å². The zero-order chi connectivity index (χ0) is 15.6. The van der Waals surface area contributed by atoms with Gasteiger partial charge in [-0.15, -0.1) is 0 Å². The summed E-state index contributed by atoms with van der Waals surface area (Å²) in [5.74, 6) is -2.85. The van der Waals surface area contributed by atoms with Gasteiger partial charge in [-0.1, -0.05) is 25.6 Å². The molecule has 0 saturated carbocycles. The van der Waals surface area contributed by atoms with Gasteiger partial charge in [0.05, 0.1) is 5.56 Å². The van der Waals surface area contributed by atoms with Crippen molar-refractivity contribution in [1.82, 2.24) is 4.98 Å².